The van der Waals surface area contributed by atoms with E-state index in [-0.39, 0.29) is 23.8 Å². The maximum Gasteiger partial charge on any atom is 0.244 e. The van der Waals surface area contributed by atoms with Crippen LogP contribution in [-0.2, 0) is 14.8 Å². The lowest BCUT2D eigenvalue weighted by atomic mass is 9.93. The molecule has 0 spiro atoms. The van der Waals surface area contributed by atoms with Crippen LogP contribution < -0.4 is 14.4 Å². The highest BCUT2D eigenvalue weighted by molar-refractivity contribution is 7.92. The summed E-state index contributed by atoms with van der Waals surface area (Å²) < 4.78 is 31.4. The second kappa shape index (κ2) is 9.26. The van der Waals surface area contributed by atoms with Crippen LogP contribution in [0.1, 0.15) is 41.0 Å². The molecule has 1 aromatic carbocycles. The first-order valence-electron chi connectivity index (χ1n) is 8.96. The van der Waals surface area contributed by atoms with Gasteiger partial charge in [-0.15, -0.1) is 0 Å². The molecule has 0 aliphatic rings. The molecule has 1 rings (SSSR count). The molecule has 148 valence electrons. The van der Waals surface area contributed by atoms with E-state index < -0.39 is 16.1 Å². The van der Waals surface area contributed by atoms with Crippen molar-refractivity contribution in [1.82, 2.24) is 5.32 Å². The fourth-order valence-electron chi connectivity index (χ4n) is 3.17. The Morgan fingerprint density at radius 3 is 2.19 bits per heavy atom. The molecule has 0 aliphatic carbocycles. The van der Waals surface area contributed by atoms with Crippen molar-refractivity contribution in [3.8, 4) is 5.75 Å². The quantitative estimate of drug-likeness (QED) is 0.710. The lowest BCUT2D eigenvalue weighted by Crippen LogP contribution is -2.53. The molecule has 0 saturated carbocycles. The minimum Gasteiger partial charge on any atom is -0.497 e. The SMILES string of the molecule is CC[C@H](C(=O)NC(C(C)C)C(C)C)N(c1cccc(OC)c1)S(C)(=O)=O. The van der Waals surface area contributed by atoms with E-state index in [0.717, 1.165) is 6.26 Å². The molecule has 26 heavy (non-hydrogen) atoms. The van der Waals surface area contributed by atoms with E-state index in [2.05, 4.69) is 5.32 Å². The van der Waals surface area contributed by atoms with Gasteiger partial charge in [0.05, 0.1) is 19.1 Å². The number of benzene rings is 1. The number of amides is 1. The number of rotatable bonds is 9. The Balaban J connectivity index is 3.27. The van der Waals surface area contributed by atoms with Gasteiger partial charge in [0.2, 0.25) is 15.9 Å². The van der Waals surface area contributed by atoms with Gasteiger partial charge in [-0.05, 0) is 30.4 Å². The molecule has 0 heterocycles. The summed E-state index contributed by atoms with van der Waals surface area (Å²) in [4.78, 5) is 13.0. The van der Waals surface area contributed by atoms with Crippen LogP contribution in [0.3, 0.4) is 0 Å². The molecule has 1 atom stereocenters. The number of carbonyl (C=O) groups excluding carboxylic acids is 1. The zero-order valence-electron chi connectivity index (χ0n) is 16.8. The average Bonchev–Trinajstić information content (AvgIpc) is 2.55. The van der Waals surface area contributed by atoms with E-state index in [1.54, 1.807) is 24.3 Å². The minimum absolute atomic E-state index is 0.0248. The van der Waals surface area contributed by atoms with Crippen molar-refractivity contribution < 1.29 is 17.9 Å². The molecular weight excluding hydrogens is 352 g/mol. The second-order valence-electron chi connectivity index (χ2n) is 7.21. The van der Waals surface area contributed by atoms with Gasteiger partial charge >= 0.3 is 0 Å². The molecule has 6 nitrogen and oxygen atoms in total. The van der Waals surface area contributed by atoms with Gasteiger partial charge < -0.3 is 10.1 Å². The first kappa shape index (κ1) is 22.3. The Labute approximate surface area is 158 Å². The van der Waals surface area contributed by atoms with Gasteiger partial charge in [0.25, 0.3) is 0 Å². The van der Waals surface area contributed by atoms with E-state index in [1.165, 1.54) is 11.4 Å². The molecule has 0 bridgehead atoms. The van der Waals surface area contributed by atoms with Crippen LogP contribution in [0.4, 0.5) is 5.69 Å². The largest absolute Gasteiger partial charge is 0.497 e. The molecule has 0 aromatic heterocycles. The third kappa shape index (κ3) is 5.62. The first-order valence-corrected chi connectivity index (χ1v) is 10.8. The van der Waals surface area contributed by atoms with E-state index in [9.17, 15) is 13.2 Å². The molecule has 0 radical (unpaired) electrons. The number of nitrogens with one attached hydrogen (secondary N) is 1. The normalized spacial score (nSPS) is 13.2. The zero-order chi connectivity index (χ0) is 20.1. The van der Waals surface area contributed by atoms with Gasteiger partial charge in [0, 0.05) is 12.1 Å². The fourth-order valence-corrected chi connectivity index (χ4v) is 4.38. The standard InChI is InChI=1S/C19H32N2O4S/c1-8-17(19(22)20-18(13(2)3)14(4)5)21(26(7,23)24)15-10-9-11-16(12-15)25-6/h9-14,17-18H,8H2,1-7H3,(H,20,22)/t17-/m1/s1. The van der Waals surface area contributed by atoms with Crippen LogP contribution in [0.2, 0.25) is 0 Å². The lowest BCUT2D eigenvalue weighted by molar-refractivity contribution is -0.123. The average molecular weight is 385 g/mol. The topological polar surface area (TPSA) is 75.7 Å². The summed E-state index contributed by atoms with van der Waals surface area (Å²) in [5, 5.41) is 3.04. The smallest absolute Gasteiger partial charge is 0.244 e. The van der Waals surface area contributed by atoms with Crippen LogP contribution in [0.25, 0.3) is 0 Å². The lowest BCUT2D eigenvalue weighted by Gasteiger charge is -2.33. The maximum atomic E-state index is 13.0. The van der Waals surface area contributed by atoms with Crippen LogP contribution in [0, 0.1) is 11.8 Å². The fraction of sp³-hybridized carbons (Fsp3) is 0.632. The maximum absolute atomic E-state index is 13.0. The number of methoxy groups -OCH3 is 1. The molecule has 1 amide bonds. The van der Waals surface area contributed by atoms with Crippen molar-refractivity contribution >= 4 is 21.6 Å². The predicted octanol–water partition coefficient (Wildman–Crippen LogP) is 3.04. The summed E-state index contributed by atoms with van der Waals surface area (Å²) in [5.41, 5.74) is 0.416. The third-order valence-electron chi connectivity index (χ3n) is 4.38. The number of carbonyl (C=O) groups is 1. The van der Waals surface area contributed by atoms with Gasteiger partial charge in [0.1, 0.15) is 11.8 Å². The highest BCUT2D eigenvalue weighted by Gasteiger charge is 2.33. The molecular formula is C19H32N2O4S. The number of ether oxygens (including phenoxy) is 1. The third-order valence-corrected chi connectivity index (χ3v) is 5.56. The van der Waals surface area contributed by atoms with Crippen molar-refractivity contribution in [2.24, 2.45) is 11.8 Å². The summed E-state index contributed by atoms with van der Waals surface area (Å²) in [5.74, 6) is 0.752. The van der Waals surface area contributed by atoms with E-state index in [0.29, 0.717) is 17.9 Å². The van der Waals surface area contributed by atoms with E-state index >= 15 is 0 Å². The van der Waals surface area contributed by atoms with Gasteiger partial charge in [-0.3, -0.25) is 9.10 Å². The van der Waals surface area contributed by atoms with E-state index in [4.69, 9.17) is 4.74 Å². The Morgan fingerprint density at radius 1 is 1.19 bits per heavy atom. The second-order valence-corrected chi connectivity index (χ2v) is 9.07. The number of sulfonamides is 1. The molecule has 7 heteroatoms. The summed E-state index contributed by atoms with van der Waals surface area (Å²) in [6.45, 7) is 9.98. The minimum atomic E-state index is -3.66. The Hall–Kier alpha value is -1.76. The van der Waals surface area contributed by atoms with Crippen molar-refractivity contribution in [3.63, 3.8) is 0 Å². The Bertz CT molecular complexity index is 693. The Kier molecular flexibility index (Phi) is 7.93. The van der Waals surface area contributed by atoms with Gasteiger partial charge in [-0.1, -0.05) is 40.7 Å². The number of anilines is 1. The summed E-state index contributed by atoms with van der Waals surface area (Å²) in [6, 6.07) is 5.89. The Morgan fingerprint density at radius 2 is 1.77 bits per heavy atom. The van der Waals surface area contributed by atoms with Crippen molar-refractivity contribution in [2.45, 2.75) is 53.1 Å². The molecule has 1 aromatic rings. The molecule has 1 N–H and O–H groups in total. The molecule has 0 fully saturated rings. The van der Waals surface area contributed by atoms with E-state index in [1.807, 2.05) is 34.6 Å². The number of hydrogen-bond acceptors (Lipinski definition) is 4. The van der Waals surface area contributed by atoms with Crippen LogP contribution in [0.5, 0.6) is 5.75 Å². The van der Waals surface area contributed by atoms with Gasteiger partial charge in [0.15, 0.2) is 0 Å². The molecule has 0 unspecified atom stereocenters. The van der Waals surface area contributed by atoms with Gasteiger partial charge in [-0.2, -0.15) is 0 Å². The highest BCUT2D eigenvalue weighted by Crippen LogP contribution is 2.26. The zero-order valence-corrected chi connectivity index (χ0v) is 17.6. The molecule has 0 aliphatic heterocycles. The van der Waals surface area contributed by atoms with Crippen molar-refractivity contribution in [1.29, 1.82) is 0 Å². The summed E-state index contributed by atoms with van der Waals surface area (Å²) in [7, 11) is -2.14. The summed E-state index contributed by atoms with van der Waals surface area (Å²) >= 11 is 0. The number of nitrogens with zero attached hydrogens (tertiary/aromatic N) is 1. The van der Waals surface area contributed by atoms with Crippen LogP contribution >= 0.6 is 0 Å². The monoisotopic (exact) mass is 384 g/mol. The number of hydrogen-bond donors (Lipinski definition) is 1. The highest BCUT2D eigenvalue weighted by atomic mass is 32.2. The first-order chi connectivity index (χ1) is 12.0. The van der Waals surface area contributed by atoms with Crippen LogP contribution in [0.15, 0.2) is 24.3 Å². The molecule has 0 saturated heterocycles. The van der Waals surface area contributed by atoms with Crippen molar-refractivity contribution in [2.75, 3.05) is 17.7 Å². The van der Waals surface area contributed by atoms with Gasteiger partial charge in [-0.25, -0.2) is 8.42 Å². The predicted molar refractivity (Wildman–Crippen MR) is 106 cm³/mol. The van der Waals surface area contributed by atoms with Crippen molar-refractivity contribution in [3.05, 3.63) is 24.3 Å². The summed E-state index contributed by atoms with van der Waals surface area (Å²) in [6.07, 6.45) is 1.48. The van der Waals surface area contributed by atoms with Crippen LogP contribution in [-0.4, -0.2) is 39.8 Å².